The molecule has 1 saturated carbocycles. The maximum atomic E-state index is 13.4. The quantitative estimate of drug-likeness (QED) is 0.643. The van der Waals surface area contributed by atoms with Crippen molar-refractivity contribution in [2.75, 3.05) is 32.7 Å². The van der Waals surface area contributed by atoms with Crippen LogP contribution in [0.2, 0.25) is 0 Å². The standard InChI is InChI=1S/C22H27F2N5O4/c23-16-5-4-15(14-17(16)24)19(31)28-12-10-27(11-13-28)9-6-18(30)26-29-20(32)22(25-21(29)33)7-2-1-3-8-22/h4-5,14H,1-3,6-13H2,(H,25,33)(H,26,30). The van der Waals surface area contributed by atoms with E-state index in [4.69, 9.17) is 0 Å². The van der Waals surface area contributed by atoms with Gasteiger partial charge in [0.05, 0.1) is 0 Å². The summed E-state index contributed by atoms with van der Waals surface area (Å²) in [5.41, 5.74) is 1.62. The number of hydrazine groups is 1. The van der Waals surface area contributed by atoms with Crippen molar-refractivity contribution in [3.05, 3.63) is 35.4 Å². The highest BCUT2D eigenvalue weighted by molar-refractivity contribution is 6.08. The molecule has 1 spiro atoms. The van der Waals surface area contributed by atoms with Crippen LogP contribution in [0.1, 0.15) is 48.9 Å². The number of imide groups is 1. The van der Waals surface area contributed by atoms with Crippen LogP contribution in [0.5, 0.6) is 0 Å². The normalized spacial score (nSPS) is 20.8. The van der Waals surface area contributed by atoms with Gasteiger partial charge >= 0.3 is 6.03 Å². The molecule has 178 valence electrons. The van der Waals surface area contributed by atoms with Gasteiger partial charge in [0.25, 0.3) is 11.8 Å². The minimum absolute atomic E-state index is 0.0845. The van der Waals surface area contributed by atoms with Crippen molar-refractivity contribution in [2.45, 2.75) is 44.1 Å². The van der Waals surface area contributed by atoms with E-state index in [0.29, 0.717) is 45.6 Å². The highest BCUT2D eigenvalue weighted by Crippen LogP contribution is 2.33. The zero-order valence-electron chi connectivity index (χ0n) is 18.2. The van der Waals surface area contributed by atoms with Crippen LogP contribution in [0.4, 0.5) is 13.6 Å². The molecule has 11 heteroatoms. The Labute approximate surface area is 190 Å². The Kier molecular flexibility index (Phi) is 6.59. The minimum Gasteiger partial charge on any atom is -0.336 e. The second kappa shape index (κ2) is 9.42. The third-order valence-corrected chi connectivity index (χ3v) is 6.59. The molecule has 0 atom stereocenters. The van der Waals surface area contributed by atoms with Gasteiger partial charge in [-0.1, -0.05) is 19.3 Å². The van der Waals surface area contributed by atoms with Crippen molar-refractivity contribution in [2.24, 2.45) is 0 Å². The number of hydrogen-bond donors (Lipinski definition) is 2. The van der Waals surface area contributed by atoms with Gasteiger partial charge in [0.1, 0.15) is 5.54 Å². The van der Waals surface area contributed by atoms with Crippen LogP contribution in [-0.2, 0) is 9.59 Å². The number of urea groups is 1. The summed E-state index contributed by atoms with van der Waals surface area (Å²) in [5.74, 6) is -3.28. The fraction of sp³-hybridized carbons (Fsp3) is 0.545. The van der Waals surface area contributed by atoms with Crippen molar-refractivity contribution in [1.29, 1.82) is 0 Å². The van der Waals surface area contributed by atoms with Crippen molar-refractivity contribution in [3.8, 4) is 0 Å². The summed E-state index contributed by atoms with van der Waals surface area (Å²) in [7, 11) is 0. The number of amides is 5. The third-order valence-electron chi connectivity index (χ3n) is 6.59. The first-order valence-corrected chi connectivity index (χ1v) is 11.2. The third kappa shape index (κ3) is 4.82. The number of benzene rings is 1. The van der Waals surface area contributed by atoms with Gasteiger partial charge in [0.2, 0.25) is 5.91 Å². The van der Waals surface area contributed by atoms with Gasteiger partial charge in [-0.2, -0.15) is 5.01 Å². The molecule has 0 unspecified atom stereocenters. The predicted molar refractivity (Wildman–Crippen MR) is 113 cm³/mol. The second-order valence-corrected chi connectivity index (χ2v) is 8.76. The van der Waals surface area contributed by atoms with Gasteiger partial charge in [0, 0.05) is 44.7 Å². The number of carbonyl (C=O) groups excluding carboxylic acids is 4. The maximum absolute atomic E-state index is 13.4. The largest absolute Gasteiger partial charge is 0.344 e. The smallest absolute Gasteiger partial charge is 0.336 e. The molecule has 9 nitrogen and oxygen atoms in total. The highest BCUT2D eigenvalue weighted by atomic mass is 19.2. The monoisotopic (exact) mass is 463 g/mol. The molecule has 2 N–H and O–H groups in total. The molecule has 1 aromatic rings. The van der Waals surface area contributed by atoms with E-state index in [0.717, 1.165) is 36.4 Å². The lowest BCUT2D eigenvalue weighted by Gasteiger charge is -2.34. The lowest BCUT2D eigenvalue weighted by molar-refractivity contribution is -0.140. The molecule has 2 saturated heterocycles. The fourth-order valence-electron chi connectivity index (χ4n) is 4.64. The minimum atomic E-state index is -1.06. The van der Waals surface area contributed by atoms with E-state index in [9.17, 15) is 28.0 Å². The topological polar surface area (TPSA) is 102 Å². The van der Waals surface area contributed by atoms with Crippen molar-refractivity contribution >= 4 is 23.8 Å². The molecule has 2 aliphatic heterocycles. The van der Waals surface area contributed by atoms with Crippen LogP contribution >= 0.6 is 0 Å². The van der Waals surface area contributed by atoms with E-state index in [2.05, 4.69) is 10.7 Å². The Morgan fingerprint density at radius 3 is 2.36 bits per heavy atom. The van der Waals surface area contributed by atoms with Crippen LogP contribution in [0.3, 0.4) is 0 Å². The van der Waals surface area contributed by atoms with E-state index < -0.39 is 35.0 Å². The summed E-state index contributed by atoms with van der Waals surface area (Å²) in [6.07, 6.45) is 3.99. The second-order valence-electron chi connectivity index (χ2n) is 8.76. The first-order chi connectivity index (χ1) is 15.8. The molecule has 3 fully saturated rings. The molecule has 1 aliphatic carbocycles. The van der Waals surface area contributed by atoms with Crippen LogP contribution in [0.15, 0.2) is 18.2 Å². The van der Waals surface area contributed by atoms with E-state index in [1.807, 2.05) is 4.90 Å². The summed E-state index contributed by atoms with van der Waals surface area (Å²) in [6, 6.07) is 2.48. The Morgan fingerprint density at radius 1 is 1.00 bits per heavy atom. The summed E-state index contributed by atoms with van der Waals surface area (Å²) < 4.78 is 26.5. The molecule has 3 aliphatic rings. The lowest BCUT2D eigenvalue weighted by atomic mass is 9.82. The number of hydrogen-bond acceptors (Lipinski definition) is 5. The van der Waals surface area contributed by atoms with E-state index in [1.165, 1.54) is 6.07 Å². The molecule has 5 amide bonds. The van der Waals surface area contributed by atoms with Crippen molar-refractivity contribution < 1.29 is 28.0 Å². The van der Waals surface area contributed by atoms with Crippen LogP contribution in [-0.4, -0.2) is 76.8 Å². The molecule has 1 aromatic carbocycles. The average molecular weight is 463 g/mol. The molecule has 0 radical (unpaired) electrons. The molecule has 4 rings (SSSR count). The average Bonchev–Trinajstić information content (AvgIpc) is 3.03. The van der Waals surface area contributed by atoms with Gasteiger partial charge in [-0.3, -0.25) is 24.7 Å². The lowest BCUT2D eigenvalue weighted by Crippen LogP contribution is -2.52. The Bertz CT molecular complexity index is 958. The van der Waals surface area contributed by atoms with Crippen molar-refractivity contribution in [1.82, 2.24) is 25.6 Å². The summed E-state index contributed by atoms with van der Waals surface area (Å²) in [4.78, 5) is 53.4. The van der Waals surface area contributed by atoms with E-state index >= 15 is 0 Å². The molecule has 0 bridgehead atoms. The Balaban J connectivity index is 1.22. The van der Waals surface area contributed by atoms with Gasteiger partial charge in [-0.25, -0.2) is 13.6 Å². The summed E-state index contributed by atoms with van der Waals surface area (Å²) in [6.45, 7) is 2.18. The predicted octanol–water partition coefficient (Wildman–Crippen LogP) is 1.40. The zero-order valence-corrected chi connectivity index (χ0v) is 18.2. The van der Waals surface area contributed by atoms with Crippen LogP contribution in [0, 0.1) is 11.6 Å². The molecule has 33 heavy (non-hydrogen) atoms. The maximum Gasteiger partial charge on any atom is 0.344 e. The summed E-state index contributed by atoms with van der Waals surface area (Å²) >= 11 is 0. The molecular formula is C22H27F2N5O4. The number of halogens is 2. The molecule has 0 aromatic heterocycles. The van der Waals surface area contributed by atoms with Crippen molar-refractivity contribution in [3.63, 3.8) is 0 Å². The SMILES string of the molecule is O=C(CCN1CCN(C(=O)c2ccc(F)c(F)c2)CC1)NN1C(=O)NC2(CCCCC2)C1=O. The van der Waals surface area contributed by atoms with E-state index in [1.54, 1.807) is 4.90 Å². The molecule has 2 heterocycles. The van der Waals surface area contributed by atoms with Gasteiger partial charge in [-0.05, 0) is 31.0 Å². The van der Waals surface area contributed by atoms with Crippen LogP contribution < -0.4 is 10.7 Å². The van der Waals surface area contributed by atoms with Crippen LogP contribution in [0.25, 0.3) is 0 Å². The number of piperazine rings is 1. The Hall–Kier alpha value is -3.08. The van der Waals surface area contributed by atoms with E-state index in [-0.39, 0.29) is 17.9 Å². The van der Waals surface area contributed by atoms with Gasteiger partial charge in [-0.15, -0.1) is 0 Å². The number of nitrogens with zero attached hydrogens (tertiary/aromatic N) is 3. The number of nitrogens with one attached hydrogen (secondary N) is 2. The first-order valence-electron chi connectivity index (χ1n) is 11.2. The number of rotatable bonds is 5. The Morgan fingerprint density at radius 2 is 1.70 bits per heavy atom. The fourth-order valence-corrected chi connectivity index (χ4v) is 4.64. The molecular weight excluding hydrogens is 436 g/mol. The zero-order chi connectivity index (χ0) is 23.6. The number of carbonyl (C=O) groups is 4. The van der Waals surface area contributed by atoms with Gasteiger partial charge < -0.3 is 10.2 Å². The summed E-state index contributed by atoms with van der Waals surface area (Å²) in [5, 5.41) is 3.54. The first kappa shape index (κ1) is 23.1. The highest BCUT2D eigenvalue weighted by Gasteiger charge is 2.52. The van der Waals surface area contributed by atoms with Gasteiger partial charge in [0.15, 0.2) is 11.6 Å².